The molecule has 1 amide bonds. The number of aliphatic imine (C=N–C) groups is 1. The summed E-state index contributed by atoms with van der Waals surface area (Å²) >= 11 is 0. The van der Waals surface area contributed by atoms with Crippen LogP contribution >= 0.6 is 0 Å². The highest BCUT2D eigenvalue weighted by atomic mass is 19.3. The maximum Gasteiger partial charge on any atom is 0.262 e. The molecule has 3 atom stereocenters. The Bertz CT molecular complexity index is 1060. The van der Waals surface area contributed by atoms with E-state index in [1.54, 1.807) is 48.1 Å². The predicted octanol–water partition coefficient (Wildman–Crippen LogP) is 1.86. The molecule has 3 unspecified atom stereocenters. The zero-order chi connectivity index (χ0) is 24.5. The smallest absolute Gasteiger partial charge is 0.262 e. The van der Waals surface area contributed by atoms with E-state index in [1.165, 1.54) is 0 Å². The fourth-order valence-electron chi connectivity index (χ4n) is 3.97. The Balaban J connectivity index is 1.34. The second-order valence-corrected chi connectivity index (χ2v) is 8.90. The van der Waals surface area contributed by atoms with Crippen molar-refractivity contribution in [1.82, 2.24) is 25.1 Å². The van der Waals surface area contributed by atoms with Gasteiger partial charge in [-0.05, 0) is 12.0 Å². The number of carbonyl (C=O) groups excluding carboxylic acids is 2. The van der Waals surface area contributed by atoms with Gasteiger partial charge in [-0.25, -0.2) is 18.5 Å². The number of halogens is 2. The van der Waals surface area contributed by atoms with Gasteiger partial charge in [-0.1, -0.05) is 30.3 Å². The van der Waals surface area contributed by atoms with Crippen LogP contribution in [0.5, 0.6) is 0 Å². The molecule has 2 aromatic rings. The van der Waals surface area contributed by atoms with Crippen LogP contribution in [-0.4, -0.2) is 77.6 Å². The van der Waals surface area contributed by atoms with Crippen LogP contribution in [-0.2, 0) is 22.7 Å². The third-order valence-corrected chi connectivity index (χ3v) is 6.08. The molecule has 9 nitrogen and oxygen atoms in total. The van der Waals surface area contributed by atoms with E-state index in [0.29, 0.717) is 30.9 Å². The summed E-state index contributed by atoms with van der Waals surface area (Å²) in [6, 6.07) is 10.7. The number of nitrogens with zero attached hydrogens (tertiary/aromatic N) is 6. The number of benzene rings is 1. The molecule has 182 valence electrons. The van der Waals surface area contributed by atoms with E-state index in [1.807, 2.05) is 35.3 Å². The quantitative estimate of drug-likeness (QED) is 0.531. The van der Waals surface area contributed by atoms with Crippen LogP contribution in [0.25, 0.3) is 0 Å². The van der Waals surface area contributed by atoms with Gasteiger partial charge in [0, 0.05) is 40.2 Å². The topological polar surface area (TPSA) is 86.1 Å². The van der Waals surface area contributed by atoms with Crippen molar-refractivity contribution in [1.29, 1.82) is 0 Å². The molecule has 34 heavy (non-hydrogen) atoms. The van der Waals surface area contributed by atoms with Gasteiger partial charge in [-0.3, -0.25) is 9.80 Å². The molecule has 1 fully saturated rings. The van der Waals surface area contributed by atoms with Gasteiger partial charge >= 0.3 is 0 Å². The van der Waals surface area contributed by atoms with Gasteiger partial charge in [-0.2, -0.15) is 10.1 Å². The van der Waals surface area contributed by atoms with Gasteiger partial charge in [0.2, 0.25) is 0 Å². The number of aldehydes is 1. The van der Waals surface area contributed by atoms with E-state index in [4.69, 9.17) is 0 Å². The lowest BCUT2D eigenvalue weighted by molar-refractivity contribution is -0.131. The highest BCUT2D eigenvalue weighted by Crippen LogP contribution is 2.55. The highest BCUT2D eigenvalue weighted by Gasteiger charge is 2.59. The molecule has 1 aliphatic carbocycles. The number of hydrazine groups is 1. The summed E-state index contributed by atoms with van der Waals surface area (Å²) in [4.78, 5) is 30.6. The largest absolute Gasteiger partial charge is 0.363 e. The van der Waals surface area contributed by atoms with Crippen LogP contribution in [0.1, 0.15) is 30.0 Å². The molecule has 0 saturated heterocycles. The Labute approximate surface area is 197 Å². The minimum Gasteiger partial charge on any atom is -0.363 e. The average Bonchev–Trinajstić information content (AvgIpc) is 3.12. The first-order valence-corrected chi connectivity index (χ1v) is 11.1. The fourth-order valence-corrected chi connectivity index (χ4v) is 3.97. The average molecular weight is 474 g/mol. The number of rotatable bonds is 10. The zero-order valence-corrected chi connectivity index (χ0v) is 19.4. The molecule has 0 bridgehead atoms. The van der Waals surface area contributed by atoms with Crippen molar-refractivity contribution >= 4 is 24.3 Å². The van der Waals surface area contributed by atoms with Crippen LogP contribution in [0.15, 0.2) is 41.4 Å². The van der Waals surface area contributed by atoms with Crippen molar-refractivity contribution in [2.24, 2.45) is 4.99 Å². The Morgan fingerprint density at radius 2 is 2.03 bits per heavy atom. The van der Waals surface area contributed by atoms with Crippen LogP contribution in [0.2, 0.25) is 0 Å². The van der Waals surface area contributed by atoms with E-state index < -0.39 is 30.0 Å². The summed E-state index contributed by atoms with van der Waals surface area (Å²) in [7, 11) is 5.37. The van der Waals surface area contributed by atoms with Gasteiger partial charge in [-0.15, -0.1) is 0 Å². The molecule has 1 aromatic heterocycles. The molecule has 1 N–H and O–H groups in total. The third kappa shape index (κ3) is 5.09. The summed E-state index contributed by atoms with van der Waals surface area (Å²) in [6.45, 7) is 0.857. The molecule has 1 aromatic carbocycles. The molecule has 0 radical (unpaired) electrons. The van der Waals surface area contributed by atoms with E-state index in [0.717, 1.165) is 5.56 Å². The second kappa shape index (κ2) is 9.49. The van der Waals surface area contributed by atoms with Gasteiger partial charge in [0.05, 0.1) is 24.2 Å². The maximum absolute atomic E-state index is 13.5. The summed E-state index contributed by atoms with van der Waals surface area (Å²) < 4.78 is 28.6. The van der Waals surface area contributed by atoms with Crippen molar-refractivity contribution in [2.45, 2.75) is 50.0 Å². The van der Waals surface area contributed by atoms with Gasteiger partial charge < -0.3 is 15.0 Å². The standard InChI is InChI=1S/C23H29F2N7O2/c1-29(2)20-11-19(18-12-23(18,24)25)28-32(20)10-9-17(14-33)27-22(34)21-26-15-31(30(21)3)13-16-7-5-4-6-8-16/h4-8,11,14-15,17-18,21H,9-10,12-13H2,1-3H3,(H,27,34). The van der Waals surface area contributed by atoms with Crippen LogP contribution in [0.4, 0.5) is 14.6 Å². The number of hydrogen-bond acceptors (Lipinski definition) is 7. The number of aromatic nitrogens is 2. The number of hydrogen-bond donors (Lipinski definition) is 1. The van der Waals surface area contributed by atoms with E-state index in [2.05, 4.69) is 15.4 Å². The molecular formula is C23H29F2N7O2. The monoisotopic (exact) mass is 473 g/mol. The Kier molecular flexibility index (Phi) is 6.65. The number of aryl methyl sites for hydroxylation is 1. The van der Waals surface area contributed by atoms with Gasteiger partial charge in [0.15, 0.2) is 6.17 Å². The predicted molar refractivity (Wildman–Crippen MR) is 123 cm³/mol. The van der Waals surface area contributed by atoms with Crippen molar-refractivity contribution in [3.8, 4) is 0 Å². The minimum absolute atomic E-state index is 0.194. The summed E-state index contributed by atoms with van der Waals surface area (Å²) in [5.74, 6) is -3.28. The molecule has 11 heteroatoms. The first-order chi connectivity index (χ1) is 16.2. The van der Waals surface area contributed by atoms with Crippen molar-refractivity contribution < 1.29 is 18.4 Å². The van der Waals surface area contributed by atoms with Crippen molar-refractivity contribution in [3.63, 3.8) is 0 Å². The van der Waals surface area contributed by atoms with E-state index >= 15 is 0 Å². The molecule has 4 rings (SSSR count). The first kappa shape index (κ1) is 23.8. The highest BCUT2D eigenvalue weighted by molar-refractivity contribution is 5.86. The molecule has 0 spiro atoms. The lowest BCUT2D eigenvalue weighted by Gasteiger charge is -2.28. The Morgan fingerprint density at radius 3 is 2.65 bits per heavy atom. The molecule has 2 heterocycles. The molecule has 2 aliphatic rings. The number of carbonyl (C=O) groups is 2. The van der Waals surface area contributed by atoms with Crippen molar-refractivity contribution in [3.05, 3.63) is 47.7 Å². The summed E-state index contributed by atoms with van der Waals surface area (Å²) in [5.41, 5.74) is 1.42. The van der Waals surface area contributed by atoms with Crippen LogP contribution < -0.4 is 10.2 Å². The second-order valence-electron chi connectivity index (χ2n) is 8.90. The molecule has 1 saturated carbocycles. The SMILES string of the molecule is CN(C)c1cc(C2CC2(F)F)nn1CCC(C=O)NC(=O)C1N=CN(Cc2ccccc2)N1C. The van der Waals surface area contributed by atoms with Gasteiger partial charge in [0.25, 0.3) is 11.8 Å². The lowest BCUT2D eigenvalue weighted by Crippen LogP contribution is -2.49. The molecular weight excluding hydrogens is 444 g/mol. The van der Waals surface area contributed by atoms with E-state index in [9.17, 15) is 18.4 Å². The zero-order valence-electron chi connectivity index (χ0n) is 19.4. The van der Waals surface area contributed by atoms with Crippen molar-refractivity contribution in [2.75, 3.05) is 26.0 Å². The lowest BCUT2D eigenvalue weighted by atomic mass is 10.2. The number of nitrogens with one attached hydrogen (secondary N) is 1. The third-order valence-electron chi connectivity index (χ3n) is 6.08. The number of anilines is 1. The minimum atomic E-state index is -2.70. The maximum atomic E-state index is 13.5. The Morgan fingerprint density at radius 1 is 1.32 bits per heavy atom. The van der Waals surface area contributed by atoms with Gasteiger partial charge in [0.1, 0.15) is 18.4 Å². The summed E-state index contributed by atoms with van der Waals surface area (Å²) in [5, 5.41) is 10.6. The van der Waals surface area contributed by atoms with Crippen LogP contribution in [0.3, 0.4) is 0 Å². The summed E-state index contributed by atoms with van der Waals surface area (Å²) in [6.07, 6.45) is 1.58. The van der Waals surface area contributed by atoms with Crippen LogP contribution in [0, 0.1) is 0 Å². The fraction of sp³-hybridized carbons (Fsp3) is 0.478. The number of likely N-dealkylation sites (N-methyl/N-ethyl adjacent to an activating group) is 1. The number of amides is 1. The van der Waals surface area contributed by atoms with E-state index in [-0.39, 0.29) is 12.8 Å². The first-order valence-electron chi connectivity index (χ1n) is 11.1. The normalized spacial score (nSPS) is 22.0. The molecule has 1 aliphatic heterocycles. The number of alkyl halides is 2. The Hall–Kier alpha value is -3.34.